The van der Waals surface area contributed by atoms with E-state index < -0.39 is 11.0 Å². The first-order chi connectivity index (χ1) is 17.7. The molecule has 2 heterocycles. The van der Waals surface area contributed by atoms with Crippen LogP contribution in [0.2, 0.25) is 10.0 Å². The van der Waals surface area contributed by atoms with E-state index in [-0.39, 0.29) is 11.6 Å². The zero-order valence-electron chi connectivity index (χ0n) is 20.0. The van der Waals surface area contributed by atoms with Crippen molar-refractivity contribution in [3.8, 4) is 0 Å². The van der Waals surface area contributed by atoms with Crippen molar-refractivity contribution in [2.45, 2.75) is 19.1 Å². The lowest BCUT2D eigenvalue weighted by molar-refractivity contribution is 0.107. The molecule has 0 aliphatic carbocycles. The number of fused-ring (bicyclic) bond motifs is 1. The molecule has 1 atom stereocenters. The van der Waals surface area contributed by atoms with E-state index in [2.05, 4.69) is 11.9 Å². The Bertz CT molecular complexity index is 1540. The average Bonchev–Trinajstić information content (AvgIpc) is 3.15. The zero-order chi connectivity index (χ0) is 26.3. The van der Waals surface area contributed by atoms with Gasteiger partial charge in [0, 0.05) is 38.3 Å². The molecule has 0 radical (unpaired) electrons. The third kappa shape index (κ3) is 4.70. The number of nitrogens with two attached hydrogens (primary N) is 2. The quantitative estimate of drug-likeness (QED) is 0.179. The highest BCUT2D eigenvalue weighted by Crippen LogP contribution is 2.45. The van der Waals surface area contributed by atoms with E-state index in [9.17, 15) is 4.79 Å². The number of halogens is 3. The normalized spacial score (nSPS) is 16.4. The number of rotatable bonds is 5. The summed E-state index contributed by atoms with van der Waals surface area (Å²) in [5.74, 6) is -1.43. The van der Waals surface area contributed by atoms with Crippen molar-refractivity contribution in [2.24, 2.45) is 17.4 Å². The molecule has 188 valence electrons. The standard InChI is InChI=1S/C29H25Cl3N4O/c1-17-6-5-15-36(29(33,34)19-9-11-20(30)12-10-19)27(24(17)18-7-3-2-4-8-18)25-22-14-13-21(31)16-23(22)35-26(25)28(32)37/h2-5,7-17,35H,6,33-34H2,1H3. The topological polar surface area (TPSA) is 88.1 Å². The Morgan fingerprint density at radius 1 is 1.00 bits per heavy atom. The largest absolute Gasteiger partial charge is 0.350 e. The number of nitrogens with one attached hydrogen (secondary N) is 1. The van der Waals surface area contributed by atoms with Crippen molar-refractivity contribution in [3.05, 3.63) is 118 Å². The molecule has 8 heteroatoms. The molecule has 0 bridgehead atoms. The number of allylic oxidation sites excluding steroid dienone is 2. The number of hydrogen-bond donors (Lipinski definition) is 3. The molecule has 5 nitrogen and oxygen atoms in total. The Balaban J connectivity index is 1.90. The number of carbonyl (C=O) groups excluding carboxylic acids is 1. The molecule has 1 aromatic heterocycles. The minimum absolute atomic E-state index is 0.0650. The molecule has 0 saturated heterocycles. The predicted octanol–water partition coefficient (Wildman–Crippen LogP) is 7.31. The fraction of sp³-hybridized carbons (Fsp3) is 0.138. The van der Waals surface area contributed by atoms with Crippen molar-refractivity contribution in [2.75, 3.05) is 0 Å². The molecule has 5 N–H and O–H groups in total. The van der Waals surface area contributed by atoms with E-state index >= 15 is 0 Å². The summed E-state index contributed by atoms with van der Waals surface area (Å²) >= 11 is 18.6. The first-order valence-electron chi connectivity index (χ1n) is 11.8. The molecule has 1 aliphatic heterocycles. The molecule has 4 aromatic rings. The van der Waals surface area contributed by atoms with Gasteiger partial charge in [-0.15, -0.1) is 0 Å². The minimum atomic E-state index is -1.50. The summed E-state index contributed by atoms with van der Waals surface area (Å²) < 4.78 is 0. The van der Waals surface area contributed by atoms with Gasteiger partial charge in [0.2, 0.25) is 0 Å². The molecule has 0 fully saturated rings. The first kappa shape index (κ1) is 25.6. The van der Waals surface area contributed by atoms with Crippen LogP contribution in [-0.4, -0.2) is 15.1 Å². The van der Waals surface area contributed by atoms with E-state index in [0.29, 0.717) is 32.4 Å². The lowest BCUT2D eigenvalue weighted by Gasteiger charge is -2.40. The molecule has 1 unspecified atom stereocenters. The van der Waals surface area contributed by atoms with Crippen LogP contribution in [0.3, 0.4) is 0 Å². The lowest BCUT2D eigenvalue weighted by Crippen LogP contribution is -2.57. The second-order valence-electron chi connectivity index (χ2n) is 9.19. The van der Waals surface area contributed by atoms with Crippen LogP contribution in [0.4, 0.5) is 0 Å². The molecule has 3 aromatic carbocycles. The average molecular weight is 552 g/mol. The molecular weight excluding hydrogens is 527 g/mol. The van der Waals surface area contributed by atoms with Gasteiger partial charge in [-0.1, -0.05) is 84.7 Å². The minimum Gasteiger partial charge on any atom is -0.350 e. The van der Waals surface area contributed by atoms with Crippen molar-refractivity contribution < 1.29 is 4.79 Å². The monoisotopic (exact) mass is 550 g/mol. The SMILES string of the molecule is CC1CC=CN(C(N)(N)c2ccc(Cl)cc2)C(c2c(C(=O)Cl)[nH]c3cc(Cl)ccc23)=C1c1ccccc1. The summed E-state index contributed by atoms with van der Waals surface area (Å²) in [6.07, 6.45) is 4.66. The number of nitrogens with zero attached hydrogens (tertiary/aromatic N) is 1. The highest BCUT2D eigenvalue weighted by Gasteiger charge is 2.37. The Labute approximate surface area is 230 Å². The van der Waals surface area contributed by atoms with Gasteiger partial charge in [0.1, 0.15) is 5.69 Å². The van der Waals surface area contributed by atoms with Gasteiger partial charge in [-0.25, -0.2) is 0 Å². The summed E-state index contributed by atoms with van der Waals surface area (Å²) in [5.41, 5.74) is 18.7. The van der Waals surface area contributed by atoms with Crippen LogP contribution in [0.25, 0.3) is 22.2 Å². The molecule has 37 heavy (non-hydrogen) atoms. The highest BCUT2D eigenvalue weighted by molar-refractivity contribution is 6.68. The van der Waals surface area contributed by atoms with Crippen molar-refractivity contribution in [1.82, 2.24) is 9.88 Å². The van der Waals surface area contributed by atoms with Gasteiger partial charge in [-0.05, 0) is 59.3 Å². The number of aromatic amines is 1. The zero-order valence-corrected chi connectivity index (χ0v) is 22.3. The smallest absolute Gasteiger partial charge is 0.269 e. The fourth-order valence-electron chi connectivity index (χ4n) is 4.95. The van der Waals surface area contributed by atoms with Crippen LogP contribution in [-0.2, 0) is 5.79 Å². The van der Waals surface area contributed by atoms with E-state index in [1.165, 1.54) is 0 Å². The second kappa shape index (κ2) is 10.0. The Morgan fingerprint density at radius 3 is 2.35 bits per heavy atom. The molecule has 0 amide bonds. The predicted molar refractivity (Wildman–Crippen MR) is 153 cm³/mol. The number of hydrogen-bond acceptors (Lipinski definition) is 4. The van der Waals surface area contributed by atoms with Gasteiger partial charge in [0.05, 0.1) is 5.70 Å². The first-order valence-corrected chi connectivity index (χ1v) is 12.9. The molecule has 1 aliphatic rings. The van der Waals surface area contributed by atoms with Crippen LogP contribution >= 0.6 is 34.8 Å². The third-order valence-electron chi connectivity index (χ3n) is 6.72. The van der Waals surface area contributed by atoms with Crippen molar-refractivity contribution in [1.29, 1.82) is 0 Å². The summed E-state index contributed by atoms with van der Waals surface area (Å²) in [4.78, 5) is 17.8. The van der Waals surface area contributed by atoms with Gasteiger partial charge in [-0.3, -0.25) is 16.3 Å². The van der Waals surface area contributed by atoms with Gasteiger partial charge < -0.3 is 9.88 Å². The van der Waals surface area contributed by atoms with E-state index in [1.54, 1.807) is 36.4 Å². The Kier molecular flexibility index (Phi) is 6.92. The van der Waals surface area contributed by atoms with Gasteiger partial charge >= 0.3 is 0 Å². The van der Waals surface area contributed by atoms with Gasteiger partial charge in [-0.2, -0.15) is 0 Å². The summed E-state index contributed by atoms with van der Waals surface area (Å²) in [6, 6.07) is 22.5. The summed E-state index contributed by atoms with van der Waals surface area (Å²) in [7, 11) is 0. The third-order valence-corrected chi connectivity index (χ3v) is 7.39. The maximum atomic E-state index is 12.8. The Hall–Kier alpha value is -3.06. The number of H-pyrrole nitrogens is 1. The highest BCUT2D eigenvalue weighted by atomic mass is 35.5. The lowest BCUT2D eigenvalue weighted by atomic mass is 9.87. The van der Waals surface area contributed by atoms with E-state index in [0.717, 1.165) is 22.9 Å². The van der Waals surface area contributed by atoms with Crippen LogP contribution in [0.15, 0.2) is 85.1 Å². The maximum absolute atomic E-state index is 12.8. The maximum Gasteiger partial charge on any atom is 0.269 e. The van der Waals surface area contributed by atoms with Crippen molar-refractivity contribution in [3.63, 3.8) is 0 Å². The second-order valence-corrected chi connectivity index (χ2v) is 10.4. The van der Waals surface area contributed by atoms with Gasteiger partial charge in [0.25, 0.3) is 5.24 Å². The molecule has 0 saturated carbocycles. The van der Waals surface area contributed by atoms with Crippen LogP contribution < -0.4 is 11.5 Å². The van der Waals surface area contributed by atoms with Crippen LogP contribution in [0.1, 0.15) is 40.5 Å². The van der Waals surface area contributed by atoms with Gasteiger partial charge in [0.15, 0.2) is 5.79 Å². The van der Waals surface area contributed by atoms with Crippen LogP contribution in [0, 0.1) is 5.92 Å². The number of aromatic nitrogens is 1. The molecular formula is C29H25Cl3N4O. The number of carbonyl (C=O) groups is 1. The van der Waals surface area contributed by atoms with Crippen molar-refractivity contribution >= 4 is 62.2 Å². The summed E-state index contributed by atoms with van der Waals surface area (Å²) in [5, 5.41) is 1.25. The number of benzene rings is 3. The van der Waals surface area contributed by atoms with E-state index in [4.69, 9.17) is 46.3 Å². The molecule has 0 spiro atoms. The Morgan fingerprint density at radius 2 is 1.68 bits per heavy atom. The molecule has 5 rings (SSSR count). The summed E-state index contributed by atoms with van der Waals surface area (Å²) in [6.45, 7) is 2.14. The van der Waals surface area contributed by atoms with Crippen LogP contribution in [0.5, 0.6) is 0 Å². The van der Waals surface area contributed by atoms with E-state index in [1.807, 2.05) is 53.6 Å². The fourth-order valence-corrected chi connectivity index (χ4v) is 5.39.